The summed E-state index contributed by atoms with van der Waals surface area (Å²) < 4.78 is 0. The van der Waals surface area contributed by atoms with Gasteiger partial charge in [0, 0.05) is 0 Å². The first kappa shape index (κ1) is 9.97. The standard InChI is InChI=1S/C9H9ClN2O/c1-9(2,13)6-5-7-3-4-8(10)12-11-7/h3-4,13H,1-2H3. The van der Waals surface area contributed by atoms with E-state index in [1.54, 1.807) is 26.0 Å². The molecule has 4 heteroatoms. The molecule has 0 amide bonds. The molecule has 1 N–H and O–H groups in total. The third kappa shape index (κ3) is 3.88. The van der Waals surface area contributed by atoms with E-state index in [2.05, 4.69) is 22.0 Å². The molecule has 1 heterocycles. The van der Waals surface area contributed by atoms with Crippen molar-refractivity contribution in [1.82, 2.24) is 10.2 Å². The smallest absolute Gasteiger partial charge is 0.151 e. The Morgan fingerprint density at radius 3 is 2.54 bits per heavy atom. The number of hydrogen-bond donors (Lipinski definition) is 1. The van der Waals surface area contributed by atoms with Crippen molar-refractivity contribution in [2.45, 2.75) is 19.4 Å². The highest BCUT2D eigenvalue weighted by Gasteiger charge is 2.05. The number of hydrogen-bond acceptors (Lipinski definition) is 3. The van der Waals surface area contributed by atoms with Gasteiger partial charge in [-0.15, -0.1) is 10.2 Å². The third-order valence-corrected chi connectivity index (χ3v) is 1.33. The van der Waals surface area contributed by atoms with Crippen molar-refractivity contribution in [3.63, 3.8) is 0 Å². The molecular formula is C9H9ClN2O. The minimum Gasteiger partial charge on any atom is -0.378 e. The molecule has 0 aliphatic rings. The van der Waals surface area contributed by atoms with Crippen LogP contribution in [-0.4, -0.2) is 20.9 Å². The predicted octanol–water partition coefficient (Wildman–Crippen LogP) is 1.25. The molecule has 0 spiro atoms. The maximum absolute atomic E-state index is 9.29. The molecule has 0 aromatic carbocycles. The summed E-state index contributed by atoms with van der Waals surface area (Å²) in [4.78, 5) is 0. The summed E-state index contributed by atoms with van der Waals surface area (Å²) in [6.07, 6.45) is 0. The van der Waals surface area contributed by atoms with E-state index < -0.39 is 5.60 Å². The molecule has 13 heavy (non-hydrogen) atoms. The molecule has 0 aliphatic carbocycles. The normalized spacial score (nSPS) is 10.5. The summed E-state index contributed by atoms with van der Waals surface area (Å²) in [7, 11) is 0. The molecule has 0 unspecified atom stereocenters. The van der Waals surface area contributed by atoms with Gasteiger partial charge in [0.05, 0.1) is 0 Å². The highest BCUT2D eigenvalue weighted by molar-refractivity contribution is 6.29. The maximum Gasteiger partial charge on any atom is 0.151 e. The summed E-state index contributed by atoms with van der Waals surface area (Å²) in [5.74, 6) is 5.30. The van der Waals surface area contributed by atoms with Crippen molar-refractivity contribution >= 4 is 11.6 Å². The number of aliphatic hydroxyl groups is 1. The van der Waals surface area contributed by atoms with Gasteiger partial charge in [-0.3, -0.25) is 0 Å². The number of rotatable bonds is 0. The summed E-state index contributed by atoms with van der Waals surface area (Å²) in [5, 5.41) is 16.9. The van der Waals surface area contributed by atoms with Gasteiger partial charge in [-0.2, -0.15) is 0 Å². The van der Waals surface area contributed by atoms with E-state index in [9.17, 15) is 5.11 Å². The topological polar surface area (TPSA) is 46.0 Å². The highest BCUT2D eigenvalue weighted by Crippen LogP contribution is 2.02. The van der Waals surface area contributed by atoms with E-state index in [0.29, 0.717) is 10.8 Å². The van der Waals surface area contributed by atoms with Crippen LogP contribution in [0.3, 0.4) is 0 Å². The Hall–Kier alpha value is -1.11. The zero-order valence-corrected chi connectivity index (χ0v) is 8.13. The Morgan fingerprint density at radius 2 is 2.08 bits per heavy atom. The van der Waals surface area contributed by atoms with Gasteiger partial charge in [-0.25, -0.2) is 0 Å². The van der Waals surface area contributed by atoms with Gasteiger partial charge in [0.2, 0.25) is 0 Å². The van der Waals surface area contributed by atoms with Gasteiger partial charge < -0.3 is 5.11 Å². The molecule has 0 radical (unpaired) electrons. The fourth-order valence-electron chi connectivity index (χ4n) is 0.600. The van der Waals surface area contributed by atoms with Crippen LogP contribution in [0.2, 0.25) is 5.15 Å². The van der Waals surface area contributed by atoms with Crippen LogP contribution >= 0.6 is 11.6 Å². The number of halogens is 1. The molecule has 1 aromatic heterocycles. The van der Waals surface area contributed by atoms with Crippen LogP contribution in [0.1, 0.15) is 19.5 Å². The number of aromatic nitrogens is 2. The van der Waals surface area contributed by atoms with Crippen LogP contribution < -0.4 is 0 Å². The molecule has 0 atom stereocenters. The first-order valence-electron chi connectivity index (χ1n) is 3.72. The van der Waals surface area contributed by atoms with Crippen molar-refractivity contribution in [1.29, 1.82) is 0 Å². The van der Waals surface area contributed by atoms with Crippen LogP contribution in [0.4, 0.5) is 0 Å². The summed E-state index contributed by atoms with van der Waals surface area (Å²) in [5.41, 5.74) is -0.520. The lowest BCUT2D eigenvalue weighted by Gasteiger charge is -2.05. The van der Waals surface area contributed by atoms with Crippen molar-refractivity contribution < 1.29 is 5.11 Å². The number of nitrogens with zero attached hydrogens (tertiary/aromatic N) is 2. The van der Waals surface area contributed by atoms with E-state index in [1.165, 1.54) is 0 Å². The van der Waals surface area contributed by atoms with E-state index in [1.807, 2.05) is 0 Å². The Bertz CT molecular complexity index is 343. The van der Waals surface area contributed by atoms with Gasteiger partial charge in [0.15, 0.2) is 5.15 Å². The van der Waals surface area contributed by atoms with Gasteiger partial charge in [-0.1, -0.05) is 17.5 Å². The summed E-state index contributed by atoms with van der Waals surface area (Å²) in [6, 6.07) is 3.25. The molecule has 0 saturated heterocycles. The molecule has 0 bridgehead atoms. The molecule has 0 saturated carbocycles. The second-order valence-corrected chi connectivity index (χ2v) is 3.44. The molecular weight excluding hydrogens is 188 g/mol. The van der Waals surface area contributed by atoms with E-state index in [4.69, 9.17) is 11.6 Å². The maximum atomic E-state index is 9.29. The SMILES string of the molecule is CC(C)(O)C#Cc1ccc(Cl)nn1. The van der Waals surface area contributed by atoms with Crippen LogP contribution in [0.25, 0.3) is 0 Å². The largest absolute Gasteiger partial charge is 0.378 e. The van der Waals surface area contributed by atoms with Crippen molar-refractivity contribution in [2.24, 2.45) is 0 Å². The first-order valence-corrected chi connectivity index (χ1v) is 4.10. The van der Waals surface area contributed by atoms with Gasteiger partial charge in [0.25, 0.3) is 0 Å². The third-order valence-electron chi connectivity index (χ3n) is 1.13. The minimum absolute atomic E-state index is 0.328. The van der Waals surface area contributed by atoms with Crippen molar-refractivity contribution in [3.05, 3.63) is 23.0 Å². The monoisotopic (exact) mass is 196 g/mol. The van der Waals surface area contributed by atoms with Gasteiger partial charge in [-0.05, 0) is 31.9 Å². The van der Waals surface area contributed by atoms with E-state index in [-0.39, 0.29) is 0 Å². The lowest BCUT2D eigenvalue weighted by atomic mass is 10.1. The second-order valence-electron chi connectivity index (χ2n) is 3.05. The zero-order chi connectivity index (χ0) is 9.90. The molecule has 1 aromatic rings. The fraction of sp³-hybridized carbons (Fsp3) is 0.333. The van der Waals surface area contributed by atoms with Crippen LogP contribution in [0.15, 0.2) is 12.1 Å². The van der Waals surface area contributed by atoms with E-state index >= 15 is 0 Å². The first-order chi connectivity index (χ1) is 5.97. The second kappa shape index (κ2) is 3.73. The van der Waals surface area contributed by atoms with E-state index in [0.717, 1.165) is 0 Å². The molecule has 0 aliphatic heterocycles. The lowest BCUT2D eigenvalue weighted by molar-refractivity contribution is 0.143. The molecule has 68 valence electrons. The van der Waals surface area contributed by atoms with Crippen LogP contribution in [0.5, 0.6) is 0 Å². The fourth-order valence-corrected chi connectivity index (χ4v) is 0.700. The summed E-state index contributed by atoms with van der Waals surface area (Å²) >= 11 is 5.53. The Kier molecular flexibility index (Phi) is 2.86. The predicted molar refractivity (Wildman–Crippen MR) is 50.2 cm³/mol. The van der Waals surface area contributed by atoms with Gasteiger partial charge in [0.1, 0.15) is 11.3 Å². The van der Waals surface area contributed by atoms with Crippen molar-refractivity contribution in [3.8, 4) is 11.8 Å². The quantitative estimate of drug-likeness (QED) is 0.636. The average Bonchev–Trinajstić information content (AvgIpc) is 2.02. The van der Waals surface area contributed by atoms with Crippen LogP contribution in [-0.2, 0) is 0 Å². The molecule has 1 rings (SSSR count). The highest BCUT2D eigenvalue weighted by atomic mass is 35.5. The molecule has 3 nitrogen and oxygen atoms in total. The van der Waals surface area contributed by atoms with Crippen molar-refractivity contribution in [2.75, 3.05) is 0 Å². The Balaban J connectivity index is 2.85. The molecule has 0 fully saturated rings. The Morgan fingerprint density at radius 1 is 1.38 bits per heavy atom. The van der Waals surface area contributed by atoms with Gasteiger partial charge >= 0.3 is 0 Å². The average molecular weight is 197 g/mol. The lowest BCUT2D eigenvalue weighted by Crippen LogP contribution is -2.14. The summed E-state index contributed by atoms with van der Waals surface area (Å²) in [6.45, 7) is 3.20. The van der Waals surface area contributed by atoms with Crippen LogP contribution in [0, 0.1) is 11.8 Å². The minimum atomic E-state index is -1.01. The Labute approximate surface area is 81.8 Å². The zero-order valence-electron chi connectivity index (χ0n) is 7.37.